The molecule has 1 heterocycles. The number of carbonyl (C=O) groups excluding carboxylic acids is 2. The van der Waals surface area contributed by atoms with E-state index < -0.39 is 12.9 Å². The summed E-state index contributed by atoms with van der Waals surface area (Å²) < 4.78 is 17.0. The minimum atomic E-state index is -2.89. The van der Waals surface area contributed by atoms with Crippen LogP contribution >= 0.6 is 6.89 Å². The first-order valence-corrected chi connectivity index (χ1v) is 15.0. The standard InChI is InChI=1S/C32H35O5P/c1-2-35-32(34)31(29(33)22-12-14-24-36-30-23-13-15-25-37-30)38(26-16-6-3-7-17-26,27-18-8-4-9-19-27)28-20-10-5-11-21-28/h3-12,16-22,30H,2,13-15,23-25H2,1H3/b22-12+. The molecule has 0 radical (unpaired) electrons. The zero-order valence-corrected chi connectivity index (χ0v) is 22.7. The van der Waals surface area contributed by atoms with Crippen molar-refractivity contribution >= 4 is 39.8 Å². The van der Waals surface area contributed by atoms with Gasteiger partial charge in [0.25, 0.3) is 0 Å². The van der Waals surface area contributed by atoms with Crippen molar-refractivity contribution in [2.24, 2.45) is 0 Å². The molecule has 0 bridgehead atoms. The van der Waals surface area contributed by atoms with E-state index >= 15 is 0 Å². The van der Waals surface area contributed by atoms with Gasteiger partial charge in [0.1, 0.15) is 5.29 Å². The molecule has 1 aliphatic rings. The van der Waals surface area contributed by atoms with Crippen molar-refractivity contribution in [1.82, 2.24) is 0 Å². The van der Waals surface area contributed by atoms with E-state index in [-0.39, 0.29) is 24.0 Å². The van der Waals surface area contributed by atoms with Crippen LogP contribution in [0.4, 0.5) is 0 Å². The zero-order valence-electron chi connectivity index (χ0n) is 21.8. The molecule has 1 unspecified atom stereocenters. The highest BCUT2D eigenvalue weighted by Gasteiger charge is 2.36. The number of ketones is 1. The molecule has 6 heteroatoms. The Hall–Kier alpha value is -3.24. The van der Waals surface area contributed by atoms with Crippen molar-refractivity contribution in [3.8, 4) is 0 Å². The summed E-state index contributed by atoms with van der Waals surface area (Å²) in [6, 6.07) is 29.5. The smallest absolute Gasteiger partial charge is 0.343 e. The Morgan fingerprint density at radius 2 is 1.42 bits per heavy atom. The number of rotatable bonds is 11. The molecule has 1 saturated heterocycles. The molecule has 38 heavy (non-hydrogen) atoms. The Bertz CT molecular complexity index is 1160. The summed E-state index contributed by atoms with van der Waals surface area (Å²) in [5.74, 6) is -0.929. The molecule has 0 aromatic heterocycles. The van der Waals surface area contributed by atoms with E-state index in [1.165, 1.54) is 6.08 Å². The fourth-order valence-corrected chi connectivity index (χ4v) is 9.04. The Kier molecular flexibility index (Phi) is 10.3. The van der Waals surface area contributed by atoms with Gasteiger partial charge in [-0.25, -0.2) is 4.79 Å². The summed E-state index contributed by atoms with van der Waals surface area (Å²) >= 11 is 0. The van der Waals surface area contributed by atoms with Crippen LogP contribution in [0.2, 0.25) is 0 Å². The summed E-state index contributed by atoms with van der Waals surface area (Å²) in [6.45, 7) is 0.206. The van der Waals surface area contributed by atoms with Gasteiger partial charge in [0.15, 0.2) is 12.1 Å². The molecule has 4 rings (SSSR count). The third kappa shape index (κ3) is 6.42. The average molecular weight is 531 g/mol. The summed E-state index contributed by atoms with van der Waals surface area (Å²) in [7, 11) is 0. The lowest BCUT2D eigenvalue weighted by Gasteiger charge is -2.31. The predicted molar refractivity (Wildman–Crippen MR) is 155 cm³/mol. The topological polar surface area (TPSA) is 61.8 Å². The van der Waals surface area contributed by atoms with Gasteiger partial charge >= 0.3 is 5.97 Å². The molecule has 0 N–H and O–H groups in total. The van der Waals surface area contributed by atoms with Crippen LogP contribution < -0.4 is 15.9 Å². The maximum Gasteiger partial charge on any atom is 0.343 e. The number of hydrogen-bond acceptors (Lipinski definition) is 5. The van der Waals surface area contributed by atoms with Gasteiger partial charge in [-0.2, -0.15) is 0 Å². The fourth-order valence-electron chi connectivity index (χ4n) is 4.77. The largest absolute Gasteiger partial charge is 0.462 e. The van der Waals surface area contributed by atoms with Crippen molar-refractivity contribution in [2.45, 2.75) is 38.9 Å². The van der Waals surface area contributed by atoms with Gasteiger partial charge in [-0.05, 0) is 61.5 Å². The monoisotopic (exact) mass is 530 g/mol. The number of carbonyl (C=O) groups is 2. The van der Waals surface area contributed by atoms with Crippen LogP contribution in [-0.2, 0) is 23.8 Å². The molecule has 5 nitrogen and oxygen atoms in total. The Balaban J connectivity index is 1.84. The van der Waals surface area contributed by atoms with Gasteiger partial charge in [-0.1, -0.05) is 97.1 Å². The molecule has 0 saturated carbocycles. The van der Waals surface area contributed by atoms with Gasteiger partial charge in [0.05, 0.1) is 13.2 Å². The highest BCUT2D eigenvalue weighted by molar-refractivity contribution is 7.97. The van der Waals surface area contributed by atoms with Gasteiger partial charge in [-0.3, -0.25) is 4.79 Å². The van der Waals surface area contributed by atoms with E-state index in [0.29, 0.717) is 13.0 Å². The third-order valence-corrected chi connectivity index (χ3v) is 10.8. The van der Waals surface area contributed by atoms with Crippen LogP contribution in [0.1, 0.15) is 32.6 Å². The maximum atomic E-state index is 14.0. The fraction of sp³-hybridized carbons (Fsp3) is 0.281. The van der Waals surface area contributed by atoms with Crippen molar-refractivity contribution in [3.63, 3.8) is 0 Å². The van der Waals surface area contributed by atoms with Gasteiger partial charge < -0.3 is 14.2 Å². The summed E-state index contributed by atoms with van der Waals surface area (Å²) in [5, 5.41) is 2.91. The van der Waals surface area contributed by atoms with Crippen LogP contribution in [0.15, 0.2) is 103 Å². The van der Waals surface area contributed by atoms with E-state index in [9.17, 15) is 9.59 Å². The molecular weight excluding hydrogens is 495 g/mol. The summed E-state index contributed by atoms with van der Waals surface area (Å²) in [5.41, 5.74) is 0. The average Bonchev–Trinajstić information content (AvgIpc) is 2.97. The molecular formula is C32H35O5P. The van der Waals surface area contributed by atoms with Crippen LogP contribution in [0.5, 0.6) is 0 Å². The molecule has 3 aromatic rings. The van der Waals surface area contributed by atoms with E-state index in [2.05, 4.69) is 0 Å². The van der Waals surface area contributed by atoms with E-state index in [4.69, 9.17) is 14.2 Å². The minimum Gasteiger partial charge on any atom is -0.462 e. The summed E-state index contributed by atoms with van der Waals surface area (Å²) in [6.07, 6.45) is 6.69. The molecule has 0 spiro atoms. The molecule has 3 aromatic carbocycles. The number of esters is 1. The maximum absolute atomic E-state index is 14.0. The Labute approximate surface area is 225 Å². The van der Waals surface area contributed by atoms with Crippen LogP contribution in [-0.4, -0.2) is 43.2 Å². The lowest BCUT2D eigenvalue weighted by atomic mass is 10.2. The highest BCUT2D eigenvalue weighted by Crippen LogP contribution is 2.46. The lowest BCUT2D eigenvalue weighted by Crippen LogP contribution is -2.37. The highest BCUT2D eigenvalue weighted by atomic mass is 31.2. The number of ether oxygens (including phenoxy) is 3. The first-order chi connectivity index (χ1) is 18.7. The van der Waals surface area contributed by atoms with Gasteiger partial charge in [0, 0.05) is 6.61 Å². The molecule has 198 valence electrons. The lowest BCUT2D eigenvalue weighted by molar-refractivity contribution is -0.161. The number of allylic oxidation sites excluding steroid dienone is 1. The van der Waals surface area contributed by atoms with Crippen LogP contribution in [0.3, 0.4) is 0 Å². The van der Waals surface area contributed by atoms with E-state index in [1.807, 2.05) is 91.0 Å². The quantitative estimate of drug-likeness (QED) is 0.118. The van der Waals surface area contributed by atoms with Crippen molar-refractivity contribution in [3.05, 3.63) is 103 Å². The van der Waals surface area contributed by atoms with Gasteiger partial charge in [0.2, 0.25) is 0 Å². The zero-order chi connectivity index (χ0) is 26.6. The molecule has 1 atom stereocenters. The number of hydrogen-bond donors (Lipinski definition) is 0. The molecule has 1 fully saturated rings. The summed E-state index contributed by atoms with van der Waals surface area (Å²) in [4.78, 5) is 27.7. The first-order valence-electron chi connectivity index (χ1n) is 13.2. The second kappa shape index (κ2) is 14.1. The Morgan fingerprint density at radius 1 is 0.868 bits per heavy atom. The van der Waals surface area contributed by atoms with Crippen LogP contribution in [0, 0.1) is 0 Å². The number of benzene rings is 3. The second-order valence-electron chi connectivity index (χ2n) is 8.97. The minimum absolute atomic E-state index is 0.163. The SMILES string of the molecule is CCOC(=O)C(C(=O)/C=C/CCOC1CCCCO1)=P(c1ccccc1)(c1ccccc1)c1ccccc1. The Morgan fingerprint density at radius 3 is 1.89 bits per heavy atom. The molecule has 0 aliphatic carbocycles. The first kappa shape index (κ1) is 27.8. The normalized spacial score (nSPS) is 15.8. The second-order valence-corrected chi connectivity index (χ2v) is 12.3. The van der Waals surface area contributed by atoms with Gasteiger partial charge in [-0.15, -0.1) is 0 Å². The third-order valence-electron chi connectivity index (χ3n) is 6.46. The molecule has 0 amide bonds. The molecule has 1 aliphatic heterocycles. The van der Waals surface area contributed by atoms with E-state index in [0.717, 1.165) is 41.8 Å². The predicted octanol–water partition coefficient (Wildman–Crippen LogP) is 4.77. The van der Waals surface area contributed by atoms with E-state index in [1.54, 1.807) is 13.0 Å². The van der Waals surface area contributed by atoms with Crippen molar-refractivity contribution < 1.29 is 23.8 Å². The van der Waals surface area contributed by atoms with Crippen molar-refractivity contribution in [2.75, 3.05) is 19.8 Å². The van der Waals surface area contributed by atoms with Crippen molar-refractivity contribution in [1.29, 1.82) is 0 Å². The van der Waals surface area contributed by atoms with Crippen LogP contribution in [0.25, 0.3) is 0 Å².